The van der Waals surface area contributed by atoms with E-state index < -0.39 is 0 Å². The molecule has 0 N–H and O–H groups in total. The quantitative estimate of drug-likeness (QED) is 0.836. The number of carbonyl (C=O) groups excluding carboxylic acids is 1. The molecular weight excluding hydrogens is 302 g/mol. The lowest BCUT2D eigenvalue weighted by Gasteiger charge is -2.38. The molecule has 1 amide bonds. The Kier molecular flexibility index (Phi) is 5.87. The topological polar surface area (TPSA) is 36.0 Å². The lowest BCUT2D eigenvalue weighted by Crippen LogP contribution is -2.53. The van der Waals surface area contributed by atoms with E-state index >= 15 is 0 Å². The second-order valence-corrected chi connectivity index (χ2v) is 7.09. The molecule has 2 fully saturated rings. The highest BCUT2D eigenvalue weighted by atomic mass is 16.5. The fraction of sp³-hybridized carbons (Fsp3) is 0.632. The fourth-order valence-electron chi connectivity index (χ4n) is 3.62. The lowest BCUT2D eigenvalue weighted by atomic mass is 10.2. The molecule has 0 radical (unpaired) electrons. The van der Waals surface area contributed by atoms with Gasteiger partial charge in [-0.25, -0.2) is 0 Å². The zero-order valence-electron chi connectivity index (χ0n) is 14.9. The highest BCUT2D eigenvalue weighted by Gasteiger charge is 2.27. The number of hydrogen-bond donors (Lipinski definition) is 0. The van der Waals surface area contributed by atoms with Gasteiger partial charge in [-0.15, -0.1) is 0 Å². The number of rotatable bonds is 4. The van der Waals surface area contributed by atoms with Gasteiger partial charge in [0.05, 0.1) is 18.8 Å². The first-order valence-corrected chi connectivity index (χ1v) is 9.02. The van der Waals surface area contributed by atoms with E-state index in [2.05, 4.69) is 40.1 Å². The van der Waals surface area contributed by atoms with Crippen LogP contribution in [0.25, 0.3) is 0 Å². The van der Waals surface area contributed by atoms with Crippen molar-refractivity contribution in [3.63, 3.8) is 0 Å². The van der Waals surface area contributed by atoms with Crippen molar-refractivity contribution in [2.24, 2.45) is 0 Å². The summed E-state index contributed by atoms with van der Waals surface area (Å²) in [4.78, 5) is 19.3. The minimum absolute atomic E-state index is 0.139. The Balaban J connectivity index is 1.42. The van der Waals surface area contributed by atoms with Crippen LogP contribution < -0.4 is 0 Å². The maximum absolute atomic E-state index is 12.5. The molecule has 0 aromatic heterocycles. The number of piperazine rings is 1. The third-order valence-corrected chi connectivity index (χ3v) is 4.85. The molecule has 5 heteroatoms. The predicted octanol–water partition coefficient (Wildman–Crippen LogP) is 1.44. The summed E-state index contributed by atoms with van der Waals surface area (Å²) in [5, 5.41) is 0. The van der Waals surface area contributed by atoms with Gasteiger partial charge in [0.15, 0.2) is 0 Å². The average molecular weight is 331 g/mol. The lowest BCUT2D eigenvalue weighted by molar-refractivity contribution is -0.144. The molecule has 5 nitrogen and oxygen atoms in total. The highest BCUT2D eigenvalue weighted by Crippen LogP contribution is 2.12. The second kappa shape index (κ2) is 8.10. The molecule has 24 heavy (non-hydrogen) atoms. The molecule has 2 aliphatic rings. The van der Waals surface area contributed by atoms with Crippen LogP contribution in [0.15, 0.2) is 30.3 Å². The summed E-state index contributed by atoms with van der Waals surface area (Å²) in [6, 6.07) is 10.6. The normalized spacial score (nSPS) is 26.5. The van der Waals surface area contributed by atoms with Crippen molar-refractivity contribution in [1.82, 2.24) is 14.7 Å². The molecule has 0 bridgehead atoms. The van der Waals surface area contributed by atoms with Gasteiger partial charge in [0.1, 0.15) is 0 Å². The van der Waals surface area contributed by atoms with E-state index in [0.717, 1.165) is 45.8 Å². The van der Waals surface area contributed by atoms with Crippen molar-refractivity contribution in [3.05, 3.63) is 35.9 Å². The van der Waals surface area contributed by atoms with Gasteiger partial charge in [0, 0.05) is 45.8 Å². The molecule has 132 valence electrons. The molecule has 2 saturated heterocycles. The van der Waals surface area contributed by atoms with Crippen LogP contribution in [0.3, 0.4) is 0 Å². The summed E-state index contributed by atoms with van der Waals surface area (Å²) < 4.78 is 5.71. The standard InChI is InChI=1S/C19H29N3O2/c1-16-12-22(13-17(2)24-16)19(23)15-21-10-8-20(9-11-21)14-18-6-4-3-5-7-18/h3-7,16-17H,8-15H2,1-2H3. The van der Waals surface area contributed by atoms with E-state index in [-0.39, 0.29) is 18.1 Å². The van der Waals surface area contributed by atoms with Gasteiger partial charge in [-0.2, -0.15) is 0 Å². The van der Waals surface area contributed by atoms with Gasteiger partial charge in [0.25, 0.3) is 0 Å². The summed E-state index contributed by atoms with van der Waals surface area (Å²) in [6.07, 6.45) is 0.279. The highest BCUT2D eigenvalue weighted by molar-refractivity contribution is 5.78. The van der Waals surface area contributed by atoms with Gasteiger partial charge in [-0.3, -0.25) is 14.6 Å². The molecule has 0 aliphatic carbocycles. The average Bonchev–Trinajstić information content (AvgIpc) is 2.57. The summed E-state index contributed by atoms with van der Waals surface area (Å²) >= 11 is 0. The third kappa shape index (κ3) is 4.79. The van der Waals surface area contributed by atoms with Crippen molar-refractivity contribution >= 4 is 5.91 Å². The van der Waals surface area contributed by atoms with E-state index in [9.17, 15) is 4.79 Å². The van der Waals surface area contributed by atoms with Crippen molar-refractivity contribution in [2.45, 2.75) is 32.6 Å². The smallest absolute Gasteiger partial charge is 0.236 e. The number of hydrogen-bond acceptors (Lipinski definition) is 4. The minimum atomic E-state index is 0.139. The first kappa shape index (κ1) is 17.4. The maximum atomic E-state index is 12.5. The Bertz CT molecular complexity index is 519. The molecule has 0 spiro atoms. The number of benzene rings is 1. The van der Waals surface area contributed by atoms with Crippen LogP contribution in [0.1, 0.15) is 19.4 Å². The second-order valence-electron chi connectivity index (χ2n) is 7.09. The SMILES string of the molecule is CC1CN(C(=O)CN2CCN(Cc3ccccc3)CC2)CC(C)O1. The zero-order chi connectivity index (χ0) is 16.9. The van der Waals surface area contributed by atoms with Crippen molar-refractivity contribution in [1.29, 1.82) is 0 Å². The van der Waals surface area contributed by atoms with Crippen LogP contribution in [0.2, 0.25) is 0 Å². The molecule has 2 unspecified atom stereocenters. The first-order chi connectivity index (χ1) is 11.6. The van der Waals surface area contributed by atoms with E-state index in [1.54, 1.807) is 0 Å². The van der Waals surface area contributed by atoms with Gasteiger partial charge in [0.2, 0.25) is 5.91 Å². The van der Waals surface area contributed by atoms with Crippen LogP contribution in [0, 0.1) is 0 Å². The van der Waals surface area contributed by atoms with Crippen LogP contribution in [0.5, 0.6) is 0 Å². The number of amides is 1. The number of nitrogens with zero attached hydrogens (tertiary/aromatic N) is 3. The van der Waals surface area contributed by atoms with E-state index in [1.807, 2.05) is 18.7 Å². The minimum Gasteiger partial charge on any atom is -0.372 e. The van der Waals surface area contributed by atoms with Crippen LogP contribution in [-0.4, -0.2) is 78.6 Å². The van der Waals surface area contributed by atoms with Crippen LogP contribution in [-0.2, 0) is 16.1 Å². The monoisotopic (exact) mass is 331 g/mol. The number of carbonyl (C=O) groups is 1. The molecule has 2 heterocycles. The molecule has 0 saturated carbocycles. The fourth-order valence-corrected chi connectivity index (χ4v) is 3.62. The summed E-state index contributed by atoms with van der Waals surface area (Å²) in [6.45, 7) is 11.0. The molecule has 1 aromatic rings. The van der Waals surface area contributed by atoms with Gasteiger partial charge >= 0.3 is 0 Å². The van der Waals surface area contributed by atoms with Crippen molar-refractivity contribution < 1.29 is 9.53 Å². The molecular formula is C19H29N3O2. The van der Waals surface area contributed by atoms with Gasteiger partial charge < -0.3 is 9.64 Å². The third-order valence-electron chi connectivity index (χ3n) is 4.85. The largest absolute Gasteiger partial charge is 0.372 e. The molecule has 2 aliphatic heterocycles. The molecule has 2 atom stereocenters. The Morgan fingerprint density at radius 3 is 2.21 bits per heavy atom. The first-order valence-electron chi connectivity index (χ1n) is 9.02. The summed E-state index contributed by atoms with van der Waals surface area (Å²) in [5.41, 5.74) is 1.36. The molecule has 1 aromatic carbocycles. The van der Waals surface area contributed by atoms with Gasteiger partial charge in [-0.05, 0) is 19.4 Å². The number of ether oxygens (including phenoxy) is 1. The van der Waals surface area contributed by atoms with Crippen LogP contribution >= 0.6 is 0 Å². The Morgan fingerprint density at radius 2 is 1.58 bits per heavy atom. The van der Waals surface area contributed by atoms with Crippen molar-refractivity contribution in [2.75, 3.05) is 45.8 Å². The Labute approximate surface area is 145 Å². The van der Waals surface area contributed by atoms with Crippen molar-refractivity contribution in [3.8, 4) is 0 Å². The van der Waals surface area contributed by atoms with Crippen LogP contribution in [0.4, 0.5) is 0 Å². The Hall–Kier alpha value is -1.43. The molecule has 3 rings (SSSR count). The maximum Gasteiger partial charge on any atom is 0.236 e. The Morgan fingerprint density at radius 1 is 1.00 bits per heavy atom. The summed E-state index contributed by atoms with van der Waals surface area (Å²) in [5.74, 6) is 0.244. The van der Waals surface area contributed by atoms with E-state index in [1.165, 1.54) is 5.56 Å². The van der Waals surface area contributed by atoms with E-state index in [4.69, 9.17) is 4.74 Å². The zero-order valence-corrected chi connectivity index (χ0v) is 14.9. The van der Waals surface area contributed by atoms with Gasteiger partial charge in [-0.1, -0.05) is 30.3 Å². The van der Waals surface area contributed by atoms with E-state index in [0.29, 0.717) is 6.54 Å². The predicted molar refractivity (Wildman–Crippen MR) is 94.7 cm³/mol. The summed E-state index contributed by atoms with van der Waals surface area (Å²) in [7, 11) is 0. The number of morpholine rings is 1.